The van der Waals surface area contributed by atoms with Gasteiger partial charge in [-0.25, -0.2) is 4.98 Å². The van der Waals surface area contributed by atoms with Crippen LogP contribution in [0.4, 0.5) is 23.1 Å². The Kier molecular flexibility index (Phi) is 3.82. The third kappa shape index (κ3) is 3.82. The van der Waals surface area contributed by atoms with Crippen LogP contribution in [0.3, 0.4) is 0 Å². The number of benzene rings is 1. The van der Waals surface area contributed by atoms with Gasteiger partial charge in [0.2, 0.25) is 11.9 Å². The highest BCUT2D eigenvalue weighted by Crippen LogP contribution is 2.19. The maximum Gasteiger partial charge on any atom is 0.223 e. The number of rotatable bonds is 3. The van der Waals surface area contributed by atoms with Gasteiger partial charge in [0, 0.05) is 24.4 Å². The van der Waals surface area contributed by atoms with E-state index in [4.69, 9.17) is 17.3 Å². The fourth-order valence-corrected chi connectivity index (χ4v) is 1.68. The molecule has 2 aromatic rings. The molecule has 1 heterocycles. The molecule has 0 aliphatic heterocycles. The molecule has 0 aliphatic carbocycles. The summed E-state index contributed by atoms with van der Waals surface area (Å²) >= 11 is 5.78. The Morgan fingerprint density at radius 1 is 1.21 bits per heavy atom. The van der Waals surface area contributed by atoms with Gasteiger partial charge >= 0.3 is 0 Å². The maximum atomic E-state index is 10.9. The van der Waals surface area contributed by atoms with Crippen molar-refractivity contribution in [2.24, 2.45) is 0 Å². The van der Waals surface area contributed by atoms with Crippen molar-refractivity contribution in [2.75, 3.05) is 16.4 Å². The Morgan fingerprint density at radius 2 is 1.84 bits per heavy atom. The third-order valence-electron chi connectivity index (χ3n) is 2.19. The van der Waals surface area contributed by atoms with Gasteiger partial charge in [-0.2, -0.15) is 4.98 Å². The molecule has 0 unspecified atom stereocenters. The van der Waals surface area contributed by atoms with Crippen LogP contribution in [-0.4, -0.2) is 15.9 Å². The van der Waals surface area contributed by atoms with Crippen LogP contribution in [0.15, 0.2) is 30.3 Å². The summed E-state index contributed by atoms with van der Waals surface area (Å²) in [7, 11) is 0. The SMILES string of the molecule is CC(=O)Nc1ccc(Nc2cc(Cl)nc(N)n2)cc1. The third-order valence-corrected chi connectivity index (χ3v) is 2.38. The minimum Gasteiger partial charge on any atom is -0.368 e. The highest BCUT2D eigenvalue weighted by atomic mass is 35.5. The molecule has 0 saturated heterocycles. The van der Waals surface area contributed by atoms with Crippen LogP contribution in [0.2, 0.25) is 5.15 Å². The number of anilines is 4. The van der Waals surface area contributed by atoms with Crippen LogP contribution in [0, 0.1) is 0 Å². The number of nitrogens with one attached hydrogen (secondary N) is 2. The van der Waals surface area contributed by atoms with Crippen molar-refractivity contribution in [2.45, 2.75) is 6.92 Å². The van der Waals surface area contributed by atoms with Crippen molar-refractivity contribution in [3.05, 3.63) is 35.5 Å². The number of aromatic nitrogens is 2. The summed E-state index contributed by atoms with van der Waals surface area (Å²) in [6.07, 6.45) is 0. The van der Waals surface area contributed by atoms with E-state index in [1.54, 1.807) is 30.3 Å². The van der Waals surface area contributed by atoms with Gasteiger partial charge in [0.05, 0.1) is 0 Å². The number of nitrogen functional groups attached to an aromatic ring is 1. The van der Waals surface area contributed by atoms with Gasteiger partial charge < -0.3 is 16.4 Å². The van der Waals surface area contributed by atoms with Gasteiger partial charge in [-0.3, -0.25) is 4.79 Å². The van der Waals surface area contributed by atoms with Gasteiger partial charge in [-0.05, 0) is 24.3 Å². The fraction of sp³-hybridized carbons (Fsp3) is 0.0833. The quantitative estimate of drug-likeness (QED) is 0.749. The molecule has 4 N–H and O–H groups in total. The first-order valence-corrected chi connectivity index (χ1v) is 5.85. The molecule has 0 bridgehead atoms. The largest absolute Gasteiger partial charge is 0.368 e. The first-order chi connectivity index (χ1) is 9.02. The number of halogens is 1. The highest BCUT2D eigenvalue weighted by Gasteiger charge is 2.01. The summed E-state index contributed by atoms with van der Waals surface area (Å²) in [5.74, 6) is 0.491. The Hall–Kier alpha value is -2.34. The summed E-state index contributed by atoms with van der Waals surface area (Å²) in [6.45, 7) is 1.46. The van der Waals surface area contributed by atoms with Gasteiger partial charge in [0.1, 0.15) is 11.0 Å². The van der Waals surface area contributed by atoms with E-state index in [1.807, 2.05) is 0 Å². The van der Waals surface area contributed by atoms with Gasteiger partial charge in [-0.15, -0.1) is 0 Å². The summed E-state index contributed by atoms with van der Waals surface area (Å²) in [5.41, 5.74) is 7.01. The number of carbonyl (C=O) groups excluding carboxylic acids is 1. The molecule has 0 radical (unpaired) electrons. The van der Waals surface area contributed by atoms with E-state index in [1.165, 1.54) is 6.92 Å². The van der Waals surface area contributed by atoms with Crippen LogP contribution in [0.5, 0.6) is 0 Å². The average molecular weight is 278 g/mol. The van der Waals surface area contributed by atoms with E-state index in [0.29, 0.717) is 5.82 Å². The molecule has 0 atom stereocenters. The maximum absolute atomic E-state index is 10.9. The molecule has 19 heavy (non-hydrogen) atoms. The van der Waals surface area contributed by atoms with Crippen molar-refractivity contribution in [3.63, 3.8) is 0 Å². The smallest absolute Gasteiger partial charge is 0.223 e. The van der Waals surface area contributed by atoms with Gasteiger partial charge in [0.25, 0.3) is 0 Å². The molecule has 1 aromatic heterocycles. The topological polar surface area (TPSA) is 92.9 Å². The number of nitrogens with two attached hydrogens (primary N) is 1. The average Bonchev–Trinajstić information content (AvgIpc) is 2.29. The molecule has 1 aromatic carbocycles. The number of carbonyl (C=O) groups is 1. The number of hydrogen-bond acceptors (Lipinski definition) is 5. The Bertz CT molecular complexity index is 579. The second-order valence-electron chi connectivity index (χ2n) is 3.82. The first-order valence-electron chi connectivity index (χ1n) is 5.47. The molecule has 7 heteroatoms. The van der Waals surface area contributed by atoms with E-state index >= 15 is 0 Å². The Balaban J connectivity index is 2.12. The summed E-state index contributed by atoms with van der Waals surface area (Å²) < 4.78 is 0. The second-order valence-corrected chi connectivity index (χ2v) is 4.20. The van der Waals surface area contributed by atoms with Crippen molar-refractivity contribution >= 4 is 40.6 Å². The number of hydrogen-bond donors (Lipinski definition) is 3. The lowest BCUT2D eigenvalue weighted by Gasteiger charge is -2.07. The van der Waals surface area contributed by atoms with Crippen LogP contribution >= 0.6 is 11.6 Å². The predicted molar refractivity (Wildman–Crippen MR) is 75.5 cm³/mol. The zero-order valence-corrected chi connectivity index (χ0v) is 10.9. The Morgan fingerprint density at radius 3 is 2.42 bits per heavy atom. The number of nitrogens with zero attached hydrogens (tertiary/aromatic N) is 2. The van der Waals surface area contributed by atoms with E-state index in [0.717, 1.165) is 11.4 Å². The standard InChI is InChI=1S/C12H12ClN5O/c1-7(19)15-8-2-4-9(5-3-8)16-11-6-10(13)17-12(14)18-11/h2-6H,1H3,(H,15,19)(H3,14,16,17,18). The first kappa shape index (κ1) is 13.1. The van der Waals surface area contributed by atoms with E-state index < -0.39 is 0 Å². The predicted octanol–water partition coefficient (Wildman–Crippen LogP) is 2.41. The molecule has 98 valence electrons. The molecule has 1 amide bonds. The zero-order valence-electron chi connectivity index (χ0n) is 10.1. The van der Waals surface area contributed by atoms with Gasteiger partial charge in [0.15, 0.2) is 0 Å². The molecule has 0 spiro atoms. The molecular weight excluding hydrogens is 266 g/mol. The minimum absolute atomic E-state index is 0.102. The molecule has 6 nitrogen and oxygen atoms in total. The molecule has 0 saturated carbocycles. The Labute approximate surface area is 115 Å². The van der Waals surface area contributed by atoms with Crippen molar-refractivity contribution in [1.82, 2.24) is 9.97 Å². The zero-order chi connectivity index (χ0) is 13.8. The van der Waals surface area contributed by atoms with E-state index in [2.05, 4.69) is 20.6 Å². The monoisotopic (exact) mass is 277 g/mol. The lowest BCUT2D eigenvalue weighted by molar-refractivity contribution is -0.114. The summed E-state index contributed by atoms with van der Waals surface area (Å²) in [4.78, 5) is 18.7. The summed E-state index contributed by atoms with van der Waals surface area (Å²) in [5, 5.41) is 5.99. The van der Waals surface area contributed by atoms with Gasteiger partial charge in [-0.1, -0.05) is 11.6 Å². The van der Waals surface area contributed by atoms with Crippen molar-refractivity contribution < 1.29 is 4.79 Å². The van der Waals surface area contributed by atoms with E-state index in [9.17, 15) is 4.79 Å². The minimum atomic E-state index is -0.115. The van der Waals surface area contributed by atoms with Crippen molar-refractivity contribution in [1.29, 1.82) is 0 Å². The lowest BCUT2D eigenvalue weighted by Crippen LogP contribution is -2.05. The normalized spacial score (nSPS) is 10.0. The molecular formula is C12H12ClN5O. The second kappa shape index (κ2) is 5.53. The molecule has 2 rings (SSSR count). The summed E-state index contributed by atoms with van der Waals surface area (Å²) in [6, 6.07) is 8.72. The molecule has 0 aliphatic rings. The van der Waals surface area contributed by atoms with Crippen LogP contribution < -0.4 is 16.4 Å². The fourth-order valence-electron chi connectivity index (χ4n) is 1.49. The van der Waals surface area contributed by atoms with E-state index in [-0.39, 0.29) is 17.0 Å². The lowest BCUT2D eigenvalue weighted by atomic mass is 10.2. The molecule has 0 fully saturated rings. The highest BCUT2D eigenvalue weighted by molar-refractivity contribution is 6.29. The van der Waals surface area contributed by atoms with Crippen molar-refractivity contribution in [3.8, 4) is 0 Å². The van der Waals surface area contributed by atoms with Crippen LogP contribution in [0.25, 0.3) is 0 Å². The van der Waals surface area contributed by atoms with Crippen LogP contribution in [0.1, 0.15) is 6.92 Å². The van der Waals surface area contributed by atoms with Crippen LogP contribution in [-0.2, 0) is 4.79 Å². The number of amides is 1.